The molecule has 2 aliphatic rings. The molecule has 45 heavy (non-hydrogen) atoms. The number of aromatic carboxylic acids is 1. The van der Waals surface area contributed by atoms with Crippen molar-refractivity contribution in [3.05, 3.63) is 118 Å². The summed E-state index contributed by atoms with van der Waals surface area (Å²) in [5.74, 6) is -1.27. The fourth-order valence-electron chi connectivity index (χ4n) is 6.42. The van der Waals surface area contributed by atoms with E-state index in [9.17, 15) is 14.3 Å². The number of aryl methyl sites for hydroxylation is 2. The van der Waals surface area contributed by atoms with E-state index in [2.05, 4.69) is 16.6 Å². The van der Waals surface area contributed by atoms with Gasteiger partial charge in [-0.05, 0) is 84.8 Å². The summed E-state index contributed by atoms with van der Waals surface area (Å²) in [5, 5.41) is 17.5. The number of fused-ring (bicyclic) bond motifs is 4. The zero-order valence-electron chi connectivity index (χ0n) is 24.8. The van der Waals surface area contributed by atoms with Crippen LogP contribution in [-0.2, 0) is 31.4 Å². The van der Waals surface area contributed by atoms with Gasteiger partial charge in [0.05, 0.1) is 31.0 Å². The third-order valence-corrected chi connectivity index (χ3v) is 8.56. The Hall–Kier alpha value is -5.20. The number of carboxylic acid groups (broad SMARTS) is 1. The first-order valence-electron chi connectivity index (χ1n) is 14.7. The van der Waals surface area contributed by atoms with Gasteiger partial charge in [0, 0.05) is 46.8 Å². The standard InChI is InChI=1S/C36H29F2N3O4/c1-21-32-30(39-40(21)2)20-44-19-24-8-4-3-7-23(24)18-41-34-28(14-15-29(38)33(32)34)27(35(41)36(42)43)10-6-16-45-31-11-5-9-22-17-25(37)12-13-26(22)31/h3,5,7,9,11-15,17H,6,10,16,18-20H2,1-2H3,(H,42,43). The van der Waals surface area contributed by atoms with E-state index in [1.807, 2.05) is 31.2 Å². The van der Waals surface area contributed by atoms with Crippen LogP contribution in [0.3, 0.4) is 0 Å². The Kier molecular flexibility index (Phi) is 7.22. The SMILES string of the molecule is Cc1c2c(nn1C)COCC1=C=C=CC=C1Cn1c(C(=O)O)c(CCCOc3cccc4cc(F)ccc34)c3ccc(F)c-2c31. The molecule has 0 radical (unpaired) electrons. The summed E-state index contributed by atoms with van der Waals surface area (Å²) in [4.78, 5) is 13.0. The van der Waals surface area contributed by atoms with Crippen LogP contribution in [0.2, 0.25) is 0 Å². The van der Waals surface area contributed by atoms with E-state index < -0.39 is 11.8 Å². The van der Waals surface area contributed by atoms with Crippen molar-refractivity contribution in [1.82, 2.24) is 14.3 Å². The van der Waals surface area contributed by atoms with Gasteiger partial charge in [-0.2, -0.15) is 5.10 Å². The van der Waals surface area contributed by atoms with E-state index in [0.29, 0.717) is 58.5 Å². The third-order valence-electron chi connectivity index (χ3n) is 8.56. The maximum absolute atomic E-state index is 16.0. The Balaban J connectivity index is 1.34. The van der Waals surface area contributed by atoms with Crippen molar-refractivity contribution < 1.29 is 28.2 Å². The highest BCUT2D eigenvalue weighted by molar-refractivity contribution is 6.04. The average molecular weight is 606 g/mol. The van der Waals surface area contributed by atoms with Gasteiger partial charge < -0.3 is 19.1 Å². The molecule has 7 nitrogen and oxygen atoms in total. The number of carbonyl (C=O) groups is 1. The molecule has 0 saturated carbocycles. The number of ether oxygens (including phenoxy) is 2. The number of rotatable bonds is 6. The van der Waals surface area contributed by atoms with Gasteiger partial charge >= 0.3 is 5.97 Å². The Labute approximate surface area is 257 Å². The van der Waals surface area contributed by atoms with E-state index in [0.717, 1.165) is 27.6 Å². The molecule has 0 saturated heterocycles. The molecule has 0 atom stereocenters. The smallest absolute Gasteiger partial charge is 0.352 e. The second kappa shape index (κ2) is 11.4. The summed E-state index contributed by atoms with van der Waals surface area (Å²) < 4.78 is 45.3. The minimum Gasteiger partial charge on any atom is -0.493 e. The number of halogens is 2. The monoisotopic (exact) mass is 605 g/mol. The maximum atomic E-state index is 16.0. The van der Waals surface area contributed by atoms with Crippen LogP contribution in [-0.4, -0.2) is 38.6 Å². The number of hydrogen-bond acceptors (Lipinski definition) is 4. The van der Waals surface area contributed by atoms with Crippen LogP contribution >= 0.6 is 0 Å². The second-order valence-corrected chi connectivity index (χ2v) is 11.2. The van der Waals surface area contributed by atoms with Crippen molar-refractivity contribution >= 4 is 27.6 Å². The van der Waals surface area contributed by atoms with Gasteiger partial charge in [-0.1, -0.05) is 23.6 Å². The van der Waals surface area contributed by atoms with Crippen LogP contribution in [0.25, 0.3) is 32.8 Å². The lowest BCUT2D eigenvalue weighted by molar-refractivity contribution is 0.0684. The Bertz CT molecular complexity index is 2180. The molecule has 0 fully saturated rings. The number of carboxylic acids is 1. The number of nitrogens with zero attached hydrogens (tertiary/aromatic N) is 3. The van der Waals surface area contributed by atoms with E-state index in [1.54, 1.807) is 34.5 Å². The zero-order valence-corrected chi connectivity index (χ0v) is 24.8. The van der Waals surface area contributed by atoms with Gasteiger partial charge in [-0.25, -0.2) is 13.6 Å². The van der Waals surface area contributed by atoms with E-state index in [-0.39, 0.29) is 31.3 Å². The molecule has 0 spiro atoms. The fraction of sp³-hybridized carbons (Fsp3) is 0.222. The summed E-state index contributed by atoms with van der Waals surface area (Å²) in [5.41, 5.74) is 11.0. The summed E-state index contributed by atoms with van der Waals surface area (Å²) in [6, 6.07) is 13.1. The summed E-state index contributed by atoms with van der Waals surface area (Å²) >= 11 is 0. The van der Waals surface area contributed by atoms with Crippen molar-refractivity contribution in [3.8, 4) is 16.9 Å². The van der Waals surface area contributed by atoms with Gasteiger partial charge in [-0.3, -0.25) is 4.68 Å². The summed E-state index contributed by atoms with van der Waals surface area (Å²) in [6.07, 6.45) is 4.46. The minimum absolute atomic E-state index is 0.0968. The molecule has 9 heteroatoms. The molecule has 0 bridgehead atoms. The summed E-state index contributed by atoms with van der Waals surface area (Å²) in [7, 11) is 1.80. The fourth-order valence-corrected chi connectivity index (χ4v) is 6.42. The molecule has 3 aromatic carbocycles. The van der Waals surface area contributed by atoms with Crippen LogP contribution < -0.4 is 4.74 Å². The highest BCUT2D eigenvalue weighted by atomic mass is 19.1. The predicted molar refractivity (Wildman–Crippen MR) is 166 cm³/mol. The molecule has 2 aromatic heterocycles. The van der Waals surface area contributed by atoms with E-state index in [1.165, 1.54) is 18.2 Å². The summed E-state index contributed by atoms with van der Waals surface area (Å²) in [6.45, 7) is 2.71. The number of aromatic nitrogens is 3. The Morgan fingerprint density at radius 3 is 2.80 bits per heavy atom. The largest absolute Gasteiger partial charge is 0.493 e. The topological polar surface area (TPSA) is 78.5 Å². The Morgan fingerprint density at radius 2 is 1.96 bits per heavy atom. The molecule has 226 valence electrons. The zero-order chi connectivity index (χ0) is 31.2. The lowest BCUT2D eigenvalue weighted by Crippen LogP contribution is -2.14. The molecule has 0 amide bonds. The molecule has 3 heterocycles. The van der Waals surface area contributed by atoms with Crippen LogP contribution in [0, 0.1) is 18.6 Å². The van der Waals surface area contributed by atoms with Gasteiger partial charge in [0.25, 0.3) is 0 Å². The van der Waals surface area contributed by atoms with Gasteiger partial charge in [-0.15, -0.1) is 0 Å². The molecular weight excluding hydrogens is 576 g/mol. The van der Waals surface area contributed by atoms with Gasteiger partial charge in [0.1, 0.15) is 23.1 Å². The molecule has 7 rings (SSSR count). The number of hydrogen-bond donors (Lipinski definition) is 1. The van der Waals surface area contributed by atoms with Gasteiger partial charge in [0.15, 0.2) is 0 Å². The molecule has 5 aromatic rings. The van der Waals surface area contributed by atoms with Crippen LogP contribution in [0.15, 0.2) is 83.3 Å². The van der Waals surface area contributed by atoms with Crippen molar-refractivity contribution in [3.63, 3.8) is 0 Å². The van der Waals surface area contributed by atoms with Crippen LogP contribution in [0.4, 0.5) is 8.78 Å². The first kappa shape index (κ1) is 28.6. The van der Waals surface area contributed by atoms with Crippen LogP contribution in [0.1, 0.15) is 33.9 Å². The van der Waals surface area contributed by atoms with Crippen molar-refractivity contribution in [2.75, 3.05) is 13.2 Å². The van der Waals surface area contributed by atoms with E-state index in [4.69, 9.17) is 9.47 Å². The minimum atomic E-state index is -1.10. The Morgan fingerprint density at radius 1 is 1.11 bits per heavy atom. The first-order valence-corrected chi connectivity index (χ1v) is 14.7. The number of benzene rings is 3. The quantitative estimate of drug-likeness (QED) is 0.164. The normalized spacial score (nSPS) is 14.1. The second-order valence-electron chi connectivity index (χ2n) is 11.2. The van der Waals surface area contributed by atoms with Crippen LogP contribution in [0.5, 0.6) is 5.75 Å². The molecule has 1 aliphatic heterocycles. The van der Waals surface area contributed by atoms with Gasteiger partial charge in [0.2, 0.25) is 0 Å². The molecular formula is C36H29F2N3O4. The van der Waals surface area contributed by atoms with Crippen molar-refractivity contribution in [1.29, 1.82) is 0 Å². The molecule has 1 N–H and O–H groups in total. The predicted octanol–water partition coefficient (Wildman–Crippen LogP) is 7.20. The first-order chi connectivity index (χ1) is 21.8. The lowest BCUT2D eigenvalue weighted by Gasteiger charge is -2.16. The number of allylic oxidation sites excluding steroid dienone is 2. The molecule has 1 aliphatic carbocycles. The van der Waals surface area contributed by atoms with E-state index >= 15 is 4.39 Å². The van der Waals surface area contributed by atoms with Crippen molar-refractivity contribution in [2.24, 2.45) is 7.05 Å². The third kappa shape index (κ3) is 4.97. The highest BCUT2D eigenvalue weighted by Crippen LogP contribution is 2.41. The highest BCUT2D eigenvalue weighted by Gasteiger charge is 2.30. The average Bonchev–Trinajstić information content (AvgIpc) is 3.47. The molecule has 0 unspecified atom stereocenters. The lowest BCUT2D eigenvalue weighted by atomic mass is 9.97. The maximum Gasteiger partial charge on any atom is 0.352 e. The van der Waals surface area contributed by atoms with Crippen molar-refractivity contribution in [2.45, 2.75) is 32.9 Å².